The Morgan fingerprint density at radius 1 is 1.78 bits per heavy atom. The molecule has 0 aliphatic heterocycles. The Hall–Kier alpha value is -1.12. The molecule has 0 fully saturated rings. The first kappa shape index (κ1) is 6.01. The van der Waals surface area contributed by atoms with Gasteiger partial charge in [-0.25, -0.2) is 4.98 Å². The molecule has 0 aliphatic carbocycles. The van der Waals surface area contributed by atoms with Crippen LogP contribution in [0.2, 0.25) is 0 Å². The first-order valence-corrected chi connectivity index (χ1v) is 2.63. The van der Waals surface area contributed by atoms with Crippen molar-refractivity contribution in [3.8, 4) is 0 Å². The number of aryl methyl sites for hydroxylation is 1. The van der Waals surface area contributed by atoms with E-state index in [0.29, 0.717) is 11.5 Å². The van der Waals surface area contributed by atoms with Gasteiger partial charge in [-0.05, 0) is 6.92 Å². The maximum atomic E-state index is 10.6. The van der Waals surface area contributed by atoms with Gasteiger partial charge in [0.2, 0.25) is 0 Å². The van der Waals surface area contributed by atoms with Crippen LogP contribution in [0.25, 0.3) is 0 Å². The predicted octanol–water partition coefficient (Wildman–Crippen LogP) is 1.19. The zero-order chi connectivity index (χ0) is 6.85. The molecule has 1 aromatic rings. The van der Waals surface area contributed by atoms with Gasteiger partial charge in [0.25, 0.3) is 0 Å². The van der Waals surface area contributed by atoms with Crippen LogP contribution in [0.3, 0.4) is 0 Å². The minimum atomic E-state index is -0.0544. The second-order valence-electron chi connectivity index (χ2n) is 1.81. The lowest BCUT2D eigenvalue weighted by atomic mass is 10.3. The van der Waals surface area contributed by atoms with Crippen molar-refractivity contribution in [3.63, 3.8) is 0 Å². The van der Waals surface area contributed by atoms with Crippen LogP contribution in [0.1, 0.15) is 23.2 Å². The van der Waals surface area contributed by atoms with Crippen LogP contribution >= 0.6 is 0 Å². The van der Waals surface area contributed by atoms with E-state index in [-0.39, 0.29) is 5.78 Å². The van der Waals surface area contributed by atoms with Gasteiger partial charge in [0.1, 0.15) is 11.5 Å². The smallest absolute Gasteiger partial charge is 0.181 e. The molecule has 0 aliphatic rings. The third-order valence-electron chi connectivity index (χ3n) is 1.08. The second kappa shape index (κ2) is 2.01. The van der Waals surface area contributed by atoms with E-state index in [1.807, 2.05) is 0 Å². The van der Waals surface area contributed by atoms with Gasteiger partial charge in [0.05, 0.1) is 0 Å². The van der Waals surface area contributed by atoms with Crippen LogP contribution < -0.4 is 0 Å². The Kier molecular flexibility index (Phi) is 1.34. The highest BCUT2D eigenvalue weighted by molar-refractivity contribution is 5.92. The summed E-state index contributed by atoms with van der Waals surface area (Å²) in [7, 11) is 0. The highest BCUT2D eigenvalue weighted by Crippen LogP contribution is 2.03. The topological polar surface area (TPSA) is 43.1 Å². The first-order chi connectivity index (χ1) is 4.22. The molecule has 0 radical (unpaired) electrons. The van der Waals surface area contributed by atoms with E-state index in [9.17, 15) is 4.79 Å². The van der Waals surface area contributed by atoms with Gasteiger partial charge in [-0.2, -0.15) is 0 Å². The molecule has 0 N–H and O–H groups in total. The lowest BCUT2D eigenvalue weighted by molar-refractivity contribution is 0.101. The lowest BCUT2D eigenvalue weighted by Crippen LogP contribution is -1.93. The number of rotatable bonds is 1. The molecule has 48 valence electrons. The van der Waals surface area contributed by atoms with Crippen LogP contribution in [0.15, 0.2) is 10.8 Å². The van der Waals surface area contributed by atoms with Crippen molar-refractivity contribution in [3.05, 3.63) is 17.8 Å². The standard InChI is InChI=1S/C6H7NO2/c1-4(8)6-5(2)9-3-7-6/h3H,1-2H3. The molecule has 3 heteroatoms. The average Bonchev–Trinajstić information content (AvgIpc) is 2.13. The number of ketones is 1. The number of carbonyl (C=O) groups excluding carboxylic acids is 1. The number of carbonyl (C=O) groups is 1. The van der Waals surface area contributed by atoms with Crippen molar-refractivity contribution in [2.24, 2.45) is 0 Å². The van der Waals surface area contributed by atoms with Gasteiger partial charge in [0, 0.05) is 6.92 Å². The van der Waals surface area contributed by atoms with Crippen LogP contribution in [-0.4, -0.2) is 10.8 Å². The summed E-state index contributed by atoms with van der Waals surface area (Å²) in [6, 6.07) is 0. The highest BCUT2D eigenvalue weighted by Gasteiger charge is 2.06. The molecule has 0 saturated heterocycles. The molecule has 0 amide bonds. The molecule has 0 spiro atoms. The van der Waals surface area contributed by atoms with Gasteiger partial charge >= 0.3 is 0 Å². The Balaban J connectivity index is 3.08. The largest absolute Gasteiger partial charge is 0.448 e. The van der Waals surface area contributed by atoms with Crippen LogP contribution in [0.5, 0.6) is 0 Å². The van der Waals surface area contributed by atoms with Crippen molar-refractivity contribution >= 4 is 5.78 Å². The van der Waals surface area contributed by atoms with Gasteiger partial charge < -0.3 is 4.42 Å². The molecule has 0 atom stereocenters. The van der Waals surface area contributed by atoms with Crippen LogP contribution in [0, 0.1) is 6.92 Å². The van der Waals surface area contributed by atoms with E-state index in [4.69, 9.17) is 4.42 Å². The quantitative estimate of drug-likeness (QED) is 0.529. The molecule has 3 nitrogen and oxygen atoms in total. The Morgan fingerprint density at radius 2 is 2.44 bits per heavy atom. The van der Waals surface area contributed by atoms with Crippen LogP contribution in [0.4, 0.5) is 0 Å². The molecule has 0 bridgehead atoms. The van der Waals surface area contributed by atoms with Crippen molar-refractivity contribution < 1.29 is 9.21 Å². The van der Waals surface area contributed by atoms with E-state index in [1.165, 1.54) is 13.3 Å². The Labute approximate surface area is 52.7 Å². The van der Waals surface area contributed by atoms with Crippen molar-refractivity contribution in [2.45, 2.75) is 13.8 Å². The summed E-state index contributed by atoms with van der Waals surface area (Å²) in [5.41, 5.74) is 0.426. The summed E-state index contributed by atoms with van der Waals surface area (Å²) in [5.74, 6) is 0.531. The molecular formula is C6H7NO2. The SMILES string of the molecule is CC(=O)c1ncoc1C. The molecule has 0 unspecified atom stereocenters. The van der Waals surface area contributed by atoms with Gasteiger partial charge in [-0.15, -0.1) is 0 Å². The minimum Gasteiger partial charge on any atom is -0.448 e. The summed E-state index contributed by atoms with van der Waals surface area (Å²) >= 11 is 0. The number of Topliss-reactive ketones (excluding diaryl/α,β-unsaturated/α-hetero) is 1. The normalized spacial score (nSPS) is 9.56. The fraction of sp³-hybridized carbons (Fsp3) is 0.333. The third-order valence-corrected chi connectivity index (χ3v) is 1.08. The Morgan fingerprint density at radius 3 is 2.67 bits per heavy atom. The van der Waals surface area contributed by atoms with Gasteiger partial charge in [-0.3, -0.25) is 4.79 Å². The average molecular weight is 125 g/mol. The number of aromatic nitrogens is 1. The van der Waals surface area contributed by atoms with E-state index in [0.717, 1.165) is 0 Å². The monoisotopic (exact) mass is 125 g/mol. The molecular weight excluding hydrogens is 118 g/mol. The molecule has 0 saturated carbocycles. The maximum Gasteiger partial charge on any atom is 0.181 e. The van der Waals surface area contributed by atoms with Crippen molar-refractivity contribution in [2.75, 3.05) is 0 Å². The molecule has 9 heavy (non-hydrogen) atoms. The van der Waals surface area contributed by atoms with Crippen molar-refractivity contribution in [1.82, 2.24) is 4.98 Å². The highest BCUT2D eigenvalue weighted by atomic mass is 16.3. The second-order valence-corrected chi connectivity index (χ2v) is 1.81. The molecule has 0 aromatic carbocycles. The Bertz CT molecular complexity index is 227. The third kappa shape index (κ3) is 0.988. The number of hydrogen-bond donors (Lipinski definition) is 0. The summed E-state index contributed by atoms with van der Waals surface area (Å²) < 4.78 is 4.79. The van der Waals surface area contributed by atoms with Crippen LogP contribution in [-0.2, 0) is 0 Å². The molecule has 1 rings (SSSR count). The summed E-state index contributed by atoms with van der Waals surface area (Å²) in [4.78, 5) is 14.3. The van der Waals surface area contributed by atoms with Gasteiger partial charge in [0.15, 0.2) is 12.2 Å². The van der Waals surface area contributed by atoms with E-state index in [1.54, 1.807) is 6.92 Å². The fourth-order valence-corrected chi connectivity index (χ4v) is 0.644. The number of hydrogen-bond acceptors (Lipinski definition) is 3. The zero-order valence-electron chi connectivity index (χ0n) is 5.34. The number of oxazole rings is 1. The minimum absolute atomic E-state index is 0.0544. The summed E-state index contributed by atoms with van der Waals surface area (Å²) in [6.45, 7) is 3.18. The number of nitrogens with zero attached hydrogens (tertiary/aromatic N) is 1. The summed E-state index contributed by atoms with van der Waals surface area (Å²) in [6.07, 6.45) is 1.27. The lowest BCUT2D eigenvalue weighted by Gasteiger charge is -1.84. The predicted molar refractivity (Wildman–Crippen MR) is 31.2 cm³/mol. The zero-order valence-corrected chi connectivity index (χ0v) is 5.34. The van der Waals surface area contributed by atoms with Crippen molar-refractivity contribution in [1.29, 1.82) is 0 Å². The van der Waals surface area contributed by atoms with E-state index in [2.05, 4.69) is 4.98 Å². The van der Waals surface area contributed by atoms with Gasteiger partial charge in [-0.1, -0.05) is 0 Å². The summed E-state index contributed by atoms with van der Waals surface area (Å²) in [5, 5.41) is 0. The molecule has 1 heterocycles. The first-order valence-electron chi connectivity index (χ1n) is 2.63. The fourth-order valence-electron chi connectivity index (χ4n) is 0.644. The molecule has 1 aromatic heterocycles. The van der Waals surface area contributed by atoms with E-state index < -0.39 is 0 Å². The van der Waals surface area contributed by atoms with E-state index >= 15 is 0 Å². The maximum absolute atomic E-state index is 10.6.